The van der Waals surface area contributed by atoms with Crippen LogP contribution in [0.2, 0.25) is 0 Å². The van der Waals surface area contributed by atoms with Crippen molar-refractivity contribution in [2.45, 2.75) is 32.4 Å². The molecule has 3 heteroatoms. The first-order valence-corrected chi connectivity index (χ1v) is 6.83. The lowest BCUT2D eigenvalue weighted by atomic mass is 10.0. The van der Waals surface area contributed by atoms with Crippen LogP contribution in [0.4, 0.5) is 5.69 Å². The van der Waals surface area contributed by atoms with E-state index in [0.717, 1.165) is 6.54 Å². The monoisotopic (exact) mass is 247 g/mol. The lowest BCUT2D eigenvalue weighted by Crippen LogP contribution is -2.45. The summed E-state index contributed by atoms with van der Waals surface area (Å²) in [4.78, 5) is 4.83. The Morgan fingerprint density at radius 1 is 1.44 bits per heavy atom. The van der Waals surface area contributed by atoms with Crippen LogP contribution in [-0.4, -0.2) is 38.1 Å². The third kappa shape index (κ3) is 2.85. The summed E-state index contributed by atoms with van der Waals surface area (Å²) in [6.45, 7) is 5.11. The molecule has 0 spiro atoms. The number of benzene rings is 1. The second-order valence-corrected chi connectivity index (χ2v) is 5.51. The van der Waals surface area contributed by atoms with Crippen molar-refractivity contribution in [3.63, 3.8) is 0 Å². The summed E-state index contributed by atoms with van der Waals surface area (Å²) in [7, 11) is 4.41. The van der Waals surface area contributed by atoms with Crippen LogP contribution < -0.4 is 10.6 Å². The Hall–Kier alpha value is -1.06. The van der Waals surface area contributed by atoms with Gasteiger partial charge in [-0.05, 0) is 45.0 Å². The van der Waals surface area contributed by atoms with E-state index in [2.05, 4.69) is 49.0 Å². The zero-order valence-corrected chi connectivity index (χ0v) is 11.8. The Kier molecular flexibility index (Phi) is 4.25. The van der Waals surface area contributed by atoms with Gasteiger partial charge in [0.1, 0.15) is 0 Å². The average Bonchev–Trinajstić information content (AvgIpc) is 2.37. The van der Waals surface area contributed by atoms with Crippen LogP contribution in [0.15, 0.2) is 18.2 Å². The Balaban J connectivity index is 2.19. The molecule has 2 N–H and O–H groups in total. The van der Waals surface area contributed by atoms with Gasteiger partial charge in [-0.15, -0.1) is 0 Å². The predicted octanol–water partition coefficient (Wildman–Crippen LogP) is 1.98. The molecule has 3 nitrogen and oxygen atoms in total. The molecule has 0 amide bonds. The fourth-order valence-corrected chi connectivity index (χ4v) is 2.87. The highest BCUT2D eigenvalue weighted by atomic mass is 15.2. The SMILES string of the molecule is Cc1ccc(N(C)C2CCCN(C)C2)c(CN)c1. The molecule has 0 aliphatic carbocycles. The van der Waals surface area contributed by atoms with E-state index in [1.807, 2.05) is 0 Å². The summed E-state index contributed by atoms with van der Waals surface area (Å²) in [5, 5.41) is 0. The van der Waals surface area contributed by atoms with E-state index in [-0.39, 0.29) is 0 Å². The summed E-state index contributed by atoms with van der Waals surface area (Å²) in [5.41, 5.74) is 9.71. The third-order valence-corrected chi connectivity index (χ3v) is 3.98. The fourth-order valence-electron chi connectivity index (χ4n) is 2.87. The first-order valence-electron chi connectivity index (χ1n) is 6.83. The summed E-state index contributed by atoms with van der Waals surface area (Å²) >= 11 is 0. The van der Waals surface area contributed by atoms with Crippen LogP contribution in [-0.2, 0) is 6.54 Å². The van der Waals surface area contributed by atoms with Crippen molar-refractivity contribution >= 4 is 5.69 Å². The minimum absolute atomic E-state index is 0.608. The Bertz CT molecular complexity index is 403. The first-order chi connectivity index (χ1) is 8.61. The summed E-state index contributed by atoms with van der Waals surface area (Å²) in [5.74, 6) is 0. The van der Waals surface area contributed by atoms with Crippen LogP contribution in [0, 0.1) is 6.92 Å². The van der Waals surface area contributed by atoms with Crippen molar-refractivity contribution < 1.29 is 0 Å². The molecule has 1 aliphatic heterocycles. The van der Waals surface area contributed by atoms with Crippen molar-refractivity contribution in [1.29, 1.82) is 0 Å². The van der Waals surface area contributed by atoms with Crippen molar-refractivity contribution in [3.8, 4) is 0 Å². The van der Waals surface area contributed by atoms with Crippen molar-refractivity contribution in [1.82, 2.24) is 4.90 Å². The molecule has 1 saturated heterocycles. The molecule has 1 aromatic carbocycles. The molecule has 0 radical (unpaired) electrons. The number of nitrogens with zero attached hydrogens (tertiary/aromatic N) is 2. The molecule has 0 aromatic heterocycles. The zero-order valence-electron chi connectivity index (χ0n) is 11.8. The maximum absolute atomic E-state index is 5.88. The van der Waals surface area contributed by atoms with Crippen LogP contribution in [0.1, 0.15) is 24.0 Å². The van der Waals surface area contributed by atoms with Gasteiger partial charge in [0.2, 0.25) is 0 Å². The molecule has 1 fully saturated rings. The number of hydrogen-bond donors (Lipinski definition) is 1. The molecule has 1 aliphatic rings. The summed E-state index contributed by atoms with van der Waals surface area (Å²) in [6, 6.07) is 7.21. The summed E-state index contributed by atoms with van der Waals surface area (Å²) in [6.07, 6.45) is 2.56. The van der Waals surface area contributed by atoms with E-state index in [4.69, 9.17) is 5.73 Å². The number of anilines is 1. The van der Waals surface area contributed by atoms with E-state index in [0.29, 0.717) is 12.6 Å². The molecule has 0 bridgehead atoms. The van der Waals surface area contributed by atoms with Crippen molar-refractivity contribution in [3.05, 3.63) is 29.3 Å². The average molecular weight is 247 g/mol. The van der Waals surface area contributed by atoms with E-state index in [9.17, 15) is 0 Å². The number of hydrogen-bond acceptors (Lipinski definition) is 3. The number of piperidine rings is 1. The van der Waals surface area contributed by atoms with E-state index < -0.39 is 0 Å². The third-order valence-electron chi connectivity index (χ3n) is 3.98. The maximum atomic E-state index is 5.88. The van der Waals surface area contributed by atoms with Crippen LogP contribution >= 0.6 is 0 Å². The van der Waals surface area contributed by atoms with Crippen LogP contribution in [0.25, 0.3) is 0 Å². The number of rotatable bonds is 3. The van der Waals surface area contributed by atoms with Gasteiger partial charge in [-0.1, -0.05) is 17.7 Å². The van der Waals surface area contributed by atoms with Crippen molar-refractivity contribution in [2.75, 3.05) is 32.1 Å². The number of aryl methyl sites for hydroxylation is 1. The lowest BCUT2D eigenvalue weighted by Gasteiger charge is -2.38. The predicted molar refractivity (Wildman–Crippen MR) is 78.0 cm³/mol. The van der Waals surface area contributed by atoms with E-state index >= 15 is 0 Å². The molecular weight excluding hydrogens is 222 g/mol. The molecule has 100 valence electrons. The van der Waals surface area contributed by atoms with E-state index in [1.165, 1.54) is 36.2 Å². The highest BCUT2D eigenvalue weighted by molar-refractivity contribution is 5.55. The molecule has 1 heterocycles. The minimum atomic E-state index is 0.608. The van der Waals surface area contributed by atoms with E-state index in [1.54, 1.807) is 0 Å². The summed E-state index contributed by atoms with van der Waals surface area (Å²) < 4.78 is 0. The van der Waals surface area contributed by atoms with Gasteiger partial charge in [0.05, 0.1) is 0 Å². The highest BCUT2D eigenvalue weighted by Crippen LogP contribution is 2.25. The number of nitrogens with two attached hydrogens (primary N) is 1. The van der Waals surface area contributed by atoms with Gasteiger partial charge >= 0.3 is 0 Å². The van der Waals surface area contributed by atoms with Crippen LogP contribution in [0.3, 0.4) is 0 Å². The van der Waals surface area contributed by atoms with Gasteiger partial charge < -0.3 is 15.5 Å². The Labute approximate surface area is 111 Å². The smallest absolute Gasteiger partial charge is 0.0414 e. The zero-order chi connectivity index (χ0) is 13.1. The largest absolute Gasteiger partial charge is 0.370 e. The maximum Gasteiger partial charge on any atom is 0.0414 e. The molecule has 18 heavy (non-hydrogen) atoms. The molecule has 2 rings (SSSR count). The number of likely N-dealkylation sites (tertiary alicyclic amines) is 1. The fraction of sp³-hybridized carbons (Fsp3) is 0.600. The van der Waals surface area contributed by atoms with Gasteiger partial charge in [0.25, 0.3) is 0 Å². The minimum Gasteiger partial charge on any atom is -0.370 e. The first kappa shape index (κ1) is 13.4. The second-order valence-electron chi connectivity index (χ2n) is 5.51. The lowest BCUT2D eigenvalue weighted by molar-refractivity contribution is 0.248. The van der Waals surface area contributed by atoms with Gasteiger partial charge in [0.15, 0.2) is 0 Å². The van der Waals surface area contributed by atoms with Crippen LogP contribution in [0.5, 0.6) is 0 Å². The second kappa shape index (κ2) is 5.72. The van der Waals surface area contributed by atoms with Gasteiger partial charge in [-0.2, -0.15) is 0 Å². The Morgan fingerprint density at radius 2 is 2.22 bits per heavy atom. The molecular formula is C15H25N3. The van der Waals surface area contributed by atoms with Gasteiger partial charge in [0, 0.05) is 31.9 Å². The van der Waals surface area contributed by atoms with Crippen molar-refractivity contribution in [2.24, 2.45) is 5.73 Å². The molecule has 0 saturated carbocycles. The topological polar surface area (TPSA) is 32.5 Å². The quantitative estimate of drug-likeness (QED) is 0.886. The number of likely N-dealkylation sites (N-methyl/N-ethyl adjacent to an activating group) is 2. The highest BCUT2D eigenvalue weighted by Gasteiger charge is 2.22. The standard InChI is InChI=1S/C15H25N3/c1-12-6-7-15(13(9-12)10-16)18(3)14-5-4-8-17(2)11-14/h6-7,9,14H,4-5,8,10-11,16H2,1-3H3. The normalized spacial score (nSPS) is 21.0. The molecule has 1 atom stereocenters. The van der Waals surface area contributed by atoms with Gasteiger partial charge in [-0.3, -0.25) is 0 Å². The molecule has 1 unspecified atom stereocenters. The molecule has 1 aromatic rings. The van der Waals surface area contributed by atoms with Gasteiger partial charge in [-0.25, -0.2) is 0 Å². The Morgan fingerprint density at radius 3 is 2.89 bits per heavy atom.